The van der Waals surface area contributed by atoms with Gasteiger partial charge in [-0.25, -0.2) is 0 Å². The molecule has 0 aliphatic carbocycles. The number of phenols is 1. The molecule has 0 aliphatic rings. The number of amides is 1. The van der Waals surface area contributed by atoms with Crippen LogP contribution in [0.3, 0.4) is 0 Å². The van der Waals surface area contributed by atoms with Crippen molar-refractivity contribution in [3.8, 4) is 5.75 Å². The van der Waals surface area contributed by atoms with E-state index in [-0.39, 0.29) is 22.5 Å². The molecule has 4 nitrogen and oxygen atoms in total. The molecule has 25 heavy (non-hydrogen) atoms. The summed E-state index contributed by atoms with van der Waals surface area (Å²) in [6.07, 6.45) is 0. The minimum atomic E-state index is -0.276. The number of nitrogen functional groups attached to an aromatic ring is 1. The third-order valence-electron chi connectivity index (χ3n) is 4.16. The lowest BCUT2D eigenvalue weighted by Crippen LogP contribution is -2.20. The summed E-state index contributed by atoms with van der Waals surface area (Å²) >= 11 is 0. The van der Waals surface area contributed by atoms with Crippen molar-refractivity contribution in [1.82, 2.24) is 0 Å². The van der Waals surface area contributed by atoms with Crippen LogP contribution in [0.2, 0.25) is 0 Å². The smallest absolute Gasteiger partial charge is 0.255 e. The third kappa shape index (κ3) is 4.32. The Bertz CT molecular complexity index is 744. The summed E-state index contributed by atoms with van der Waals surface area (Å²) in [6, 6.07) is 10.6. The summed E-state index contributed by atoms with van der Waals surface area (Å²) in [5.74, 6) is 0.0600. The summed E-state index contributed by atoms with van der Waals surface area (Å²) in [5, 5.41) is 13.6. The Morgan fingerprint density at radius 1 is 0.920 bits per heavy atom. The van der Waals surface area contributed by atoms with E-state index in [9.17, 15) is 9.90 Å². The maximum Gasteiger partial charge on any atom is 0.255 e. The minimum Gasteiger partial charge on any atom is -0.507 e. The van der Waals surface area contributed by atoms with Gasteiger partial charge in [0.25, 0.3) is 5.91 Å². The molecule has 0 saturated heterocycles. The van der Waals surface area contributed by atoms with Crippen LogP contribution in [0.15, 0.2) is 36.4 Å². The van der Waals surface area contributed by atoms with E-state index in [0.29, 0.717) is 16.9 Å². The lowest BCUT2D eigenvalue weighted by molar-refractivity contribution is 0.102. The van der Waals surface area contributed by atoms with Crippen LogP contribution in [0.4, 0.5) is 11.4 Å². The average Bonchev–Trinajstić information content (AvgIpc) is 2.47. The van der Waals surface area contributed by atoms with Crippen molar-refractivity contribution in [1.29, 1.82) is 0 Å². The molecular formula is C21H28N2O2. The Morgan fingerprint density at radius 2 is 1.36 bits per heavy atom. The first-order valence-corrected chi connectivity index (χ1v) is 8.44. The Hall–Kier alpha value is -2.49. The molecule has 2 rings (SSSR count). The van der Waals surface area contributed by atoms with Gasteiger partial charge in [0.15, 0.2) is 0 Å². The van der Waals surface area contributed by atoms with Crippen LogP contribution in [0.1, 0.15) is 63.0 Å². The summed E-state index contributed by atoms with van der Waals surface area (Å²) in [4.78, 5) is 12.7. The molecule has 0 aromatic heterocycles. The number of benzene rings is 2. The summed E-state index contributed by atoms with van der Waals surface area (Å²) in [6.45, 7) is 12.1. The normalized spacial score (nSPS) is 12.1. The zero-order chi connectivity index (χ0) is 19.0. The van der Waals surface area contributed by atoms with Gasteiger partial charge in [-0.1, -0.05) is 41.5 Å². The Kier molecular flexibility index (Phi) is 4.85. The van der Waals surface area contributed by atoms with Crippen LogP contribution in [0.5, 0.6) is 5.75 Å². The first-order chi connectivity index (χ1) is 11.4. The van der Waals surface area contributed by atoms with E-state index < -0.39 is 0 Å². The van der Waals surface area contributed by atoms with E-state index in [1.165, 1.54) is 0 Å². The van der Waals surface area contributed by atoms with Crippen LogP contribution in [0, 0.1) is 0 Å². The number of anilines is 2. The van der Waals surface area contributed by atoms with Crippen LogP contribution in [-0.2, 0) is 10.8 Å². The lowest BCUT2D eigenvalue weighted by Gasteiger charge is -2.28. The third-order valence-corrected chi connectivity index (χ3v) is 4.16. The number of phenolic OH excluding ortho intramolecular Hbond substituents is 1. The highest BCUT2D eigenvalue weighted by atomic mass is 16.3. The van der Waals surface area contributed by atoms with Gasteiger partial charge >= 0.3 is 0 Å². The SMILES string of the molecule is CC(C)(C)c1cc(C(=O)Nc2ccc(N)cc2)cc(C(C)(C)C)c1O. The first-order valence-electron chi connectivity index (χ1n) is 8.44. The van der Waals surface area contributed by atoms with E-state index in [4.69, 9.17) is 5.73 Å². The molecule has 0 unspecified atom stereocenters. The van der Waals surface area contributed by atoms with Crippen molar-refractivity contribution >= 4 is 17.3 Å². The molecule has 1 amide bonds. The largest absolute Gasteiger partial charge is 0.507 e. The second kappa shape index (κ2) is 6.43. The molecule has 4 heteroatoms. The highest BCUT2D eigenvalue weighted by Gasteiger charge is 2.27. The van der Waals surface area contributed by atoms with Gasteiger partial charge in [0.2, 0.25) is 0 Å². The number of nitrogens with two attached hydrogens (primary N) is 1. The van der Waals surface area contributed by atoms with Crippen LogP contribution in [0.25, 0.3) is 0 Å². The van der Waals surface area contributed by atoms with Crippen molar-refractivity contribution < 1.29 is 9.90 Å². The standard InChI is InChI=1S/C21H28N2O2/c1-20(2,3)16-11-13(12-17(18(16)24)21(4,5)6)19(25)23-15-9-7-14(22)8-10-15/h7-12,24H,22H2,1-6H3,(H,23,25). The van der Waals surface area contributed by atoms with E-state index in [1.54, 1.807) is 36.4 Å². The molecule has 0 atom stereocenters. The topological polar surface area (TPSA) is 75.4 Å². The molecule has 0 saturated carbocycles. The number of carbonyl (C=O) groups is 1. The van der Waals surface area contributed by atoms with Gasteiger partial charge in [-0.2, -0.15) is 0 Å². The van der Waals surface area contributed by atoms with Gasteiger partial charge in [-0.05, 0) is 47.2 Å². The lowest BCUT2D eigenvalue weighted by atomic mass is 9.78. The molecule has 0 bridgehead atoms. The zero-order valence-corrected chi connectivity index (χ0v) is 15.9. The van der Waals surface area contributed by atoms with Crippen molar-refractivity contribution in [2.45, 2.75) is 52.4 Å². The number of rotatable bonds is 2. The van der Waals surface area contributed by atoms with Crippen LogP contribution in [-0.4, -0.2) is 11.0 Å². The second-order valence-electron chi connectivity index (χ2n) is 8.50. The van der Waals surface area contributed by atoms with Crippen LogP contribution >= 0.6 is 0 Å². The minimum absolute atomic E-state index is 0.208. The van der Waals surface area contributed by atoms with Crippen molar-refractivity contribution in [3.63, 3.8) is 0 Å². The van der Waals surface area contributed by atoms with Crippen LogP contribution < -0.4 is 11.1 Å². The van der Waals surface area contributed by atoms with Gasteiger partial charge in [0, 0.05) is 28.1 Å². The predicted molar refractivity (Wildman–Crippen MR) is 104 cm³/mol. The summed E-state index contributed by atoms with van der Waals surface area (Å²) < 4.78 is 0. The fraction of sp³-hybridized carbons (Fsp3) is 0.381. The van der Waals surface area contributed by atoms with Gasteiger partial charge in [0.05, 0.1) is 0 Å². The fourth-order valence-corrected chi connectivity index (χ4v) is 2.68. The molecule has 0 fully saturated rings. The number of hydrogen-bond donors (Lipinski definition) is 3. The maximum absolute atomic E-state index is 12.7. The molecule has 0 radical (unpaired) electrons. The van der Waals surface area contributed by atoms with Gasteiger partial charge in [-0.15, -0.1) is 0 Å². The first kappa shape index (κ1) is 18.8. The number of aromatic hydroxyl groups is 1. The number of hydrogen-bond acceptors (Lipinski definition) is 3. The quantitative estimate of drug-likeness (QED) is 0.686. The molecule has 4 N–H and O–H groups in total. The van der Waals surface area contributed by atoms with Gasteiger partial charge in [0.1, 0.15) is 5.75 Å². The highest BCUT2D eigenvalue weighted by Crippen LogP contribution is 2.39. The molecule has 0 heterocycles. The molecule has 2 aromatic rings. The van der Waals surface area contributed by atoms with E-state index >= 15 is 0 Å². The molecular weight excluding hydrogens is 312 g/mol. The van der Waals surface area contributed by atoms with E-state index in [2.05, 4.69) is 5.32 Å². The number of carbonyl (C=O) groups excluding carboxylic acids is 1. The predicted octanol–water partition coefficient (Wildman–Crippen LogP) is 4.82. The maximum atomic E-state index is 12.7. The van der Waals surface area contributed by atoms with Crippen molar-refractivity contribution in [3.05, 3.63) is 53.1 Å². The zero-order valence-electron chi connectivity index (χ0n) is 15.9. The van der Waals surface area contributed by atoms with Gasteiger partial charge in [-0.3, -0.25) is 4.79 Å². The Balaban J connectivity index is 2.49. The van der Waals surface area contributed by atoms with E-state index in [0.717, 1.165) is 11.1 Å². The molecule has 2 aromatic carbocycles. The Morgan fingerprint density at radius 3 is 1.76 bits per heavy atom. The molecule has 0 aliphatic heterocycles. The molecule has 134 valence electrons. The average molecular weight is 340 g/mol. The van der Waals surface area contributed by atoms with Crippen molar-refractivity contribution in [2.75, 3.05) is 11.1 Å². The number of nitrogens with one attached hydrogen (secondary N) is 1. The monoisotopic (exact) mass is 340 g/mol. The highest BCUT2D eigenvalue weighted by molar-refractivity contribution is 6.04. The van der Waals surface area contributed by atoms with Crippen molar-refractivity contribution in [2.24, 2.45) is 0 Å². The fourth-order valence-electron chi connectivity index (χ4n) is 2.68. The van der Waals surface area contributed by atoms with Gasteiger partial charge < -0.3 is 16.2 Å². The second-order valence-corrected chi connectivity index (χ2v) is 8.50. The van der Waals surface area contributed by atoms with E-state index in [1.807, 2.05) is 41.5 Å². The molecule has 0 spiro atoms. The summed E-state index contributed by atoms with van der Waals surface area (Å²) in [5.41, 5.74) is 8.52. The Labute approximate surface area is 150 Å². The summed E-state index contributed by atoms with van der Waals surface area (Å²) in [7, 11) is 0.